The molecule has 0 atom stereocenters. The number of pyridine rings is 1. The zero-order valence-electron chi connectivity index (χ0n) is 15.5. The van der Waals surface area contributed by atoms with Crippen LogP contribution in [0, 0.1) is 6.92 Å². The van der Waals surface area contributed by atoms with Crippen LogP contribution in [0.3, 0.4) is 0 Å². The van der Waals surface area contributed by atoms with E-state index >= 15 is 0 Å². The van der Waals surface area contributed by atoms with Gasteiger partial charge in [-0.2, -0.15) is 0 Å². The number of nitrogens with zero attached hydrogens (tertiary/aromatic N) is 1. The predicted octanol–water partition coefficient (Wildman–Crippen LogP) is 4.55. The Balaban J connectivity index is 2.14. The molecule has 1 aromatic carbocycles. The van der Waals surface area contributed by atoms with Gasteiger partial charge < -0.3 is 14.8 Å². The van der Waals surface area contributed by atoms with Crippen LogP contribution in [0.15, 0.2) is 30.5 Å². The maximum absolute atomic E-state index is 12.5. The molecule has 0 aliphatic rings. The summed E-state index contributed by atoms with van der Waals surface area (Å²) in [6, 6.07) is 7.09. The number of amides is 1. The van der Waals surface area contributed by atoms with Gasteiger partial charge in [-0.25, -0.2) is 0 Å². The van der Waals surface area contributed by atoms with E-state index in [0.29, 0.717) is 41.8 Å². The highest BCUT2D eigenvalue weighted by Gasteiger charge is 2.16. The number of hydrogen-bond acceptors (Lipinski definition) is 4. The summed E-state index contributed by atoms with van der Waals surface area (Å²) in [6.45, 7) is 7.29. The van der Waals surface area contributed by atoms with Gasteiger partial charge in [0.25, 0.3) is 5.91 Å². The van der Waals surface area contributed by atoms with E-state index in [9.17, 15) is 4.79 Å². The molecule has 0 unspecified atom stereocenters. The minimum atomic E-state index is -0.238. The number of ether oxygens (including phenoxy) is 2. The topological polar surface area (TPSA) is 60.5 Å². The molecule has 5 nitrogen and oxygen atoms in total. The van der Waals surface area contributed by atoms with Gasteiger partial charge in [0.15, 0.2) is 11.5 Å². The van der Waals surface area contributed by atoms with Gasteiger partial charge in [-0.1, -0.05) is 31.0 Å². The standard InChI is InChI=1S/C20H25ClN2O3/c1-4-6-10-26-19-16(21)11-15(12-18(19)25-5-2)20(24)23-13-17-14(3)8-7-9-22-17/h7-9,11-12H,4-6,10,13H2,1-3H3,(H,23,24). The van der Waals surface area contributed by atoms with Gasteiger partial charge in [-0.15, -0.1) is 0 Å². The maximum atomic E-state index is 12.5. The van der Waals surface area contributed by atoms with Crippen molar-refractivity contribution in [2.24, 2.45) is 0 Å². The molecule has 1 amide bonds. The summed E-state index contributed by atoms with van der Waals surface area (Å²) in [6.07, 6.45) is 3.66. The molecule has 0 aliphatic carbocycles. The first-order valence-corrected chi connectivity index (χ1v) is 9.22. The number of carbonyl (C=O) groups excluding carboxylic acids is 1. The summed E-state index contributed by atoms with van der Waals surface area (Å²) in [5.41, 5.74) is 2.28. The summed E-state index contributed by atoms with van der Waals surface area (Å²) in [4.78, 5) is 16.8. The highest BCUT2D eigenvalue weighted by molar-refractivity contribution is 6.32. The van der Waals surface area contributed by atoms with E-state index in [4.69, 9.17) is 21.1 Å². The van der Waals surface area contributed by atoms with Crippen molar-refractivity contribution in [3.63, 3.8) is 0 Å². The molecule has 0 saturated carbocycles. The van der Waals surface area contributed by atoms with Crippen LogP contribution in [-0.2, 0) is 6.54 Å². The predicted molar refractivity (Wildman–Crippen MR) is 103 cm³/mol. The zero-order chi connectivity index (χ0) is 18.9. The van der Waals surface area contributed by atoms with Crippen LogP contribution in [-0.4, -0.2) is 24.1 Å². The SMILES string of the molecule is CCCCOc1c(Cl)cc(C(=O)NCc2ncccc2C)cc1OCC. The minimum absolute atomic E-state index is 0.238. The summed E-state index contributed by atoms with van der Waals surface area (Å²) in [5.74, 6) is 0.729. The van der Waals surface area contributed by atoms with Crippen molar-refractivity contribution >= 4 is 17.5 Å². The molecule has 2 rings (SSSR count). The van der Waals surface area contributed by atoms with Crippen molar-refractivity contribution < 1.29 is 14.3 Å². The molecule has 1 aromatic heterocycles. The Morgan fingerprint density at radius 2 is 2.08 bits per heavy atom. The fourth-order valence-corrected chi connectivity index (χ4v) is 2.66. The highest BCUT2D eigenvalue weighted by Crippen LogP contribution is 2.36. The lowest BCUT2D eigenvalue weighted by atomic mass is 10.1. The van der Waals surface area contributed by atoms with Crippen LogP contribution >= 0.6 is 11.6 Å². The molecule has 6 heteroatoms. The van der Waals surface area contributed by atoms with Gasteiger partial charge in [-0.3, -0.25) is 9.78 Å². The van der Waals surface area contributed by atoms with Gasteiger partial charge in [-0.05, 0) is 44.0 Å². The third kappa shape index (κ3) is 5.36. The Bertz CT molecular complexity index is 750. The number of unbranched alkanes of at least 4 members (excludes halogenated alkanes) is 1. The van der Waals surface area contributed by atoms with Gasteiger partial charge in [0.1, 0.15) is 0 Å². The fourth-order valence-electron chi connectivity index (χ4n) is 2.39. The zero-order valence-corrected chi connectivity index (χ0v) is 16.2. The average molecular weight is 377 g/mol. The number of aryl methyl sites for hydroxylation is 1. The normalized spacial score (nSPS) is 10.5. The molecule has 0 fully saturated rings. The van der Waals surface area contributed by atoms with E-state index in [1.165, 1.54) is 0 Å². The van der Waals surface area contributed by atoms with Gasteiger partial charge in [0, 0.05) is 11.8 Å². The van der Waals surface area contributed by atoms with Gasteiger partial charge in [0.05, 0.1) is 30.5 Å². The number of hydrogen-bond donors (Lipinski definition) is 1. The quantitative estimate of drug-likeness (QED) is 0.652. The van der Waals surface area contributed by atoms with Gasteiger partial charge >= 0.3 is 0 Å². The smallest absolute Gasteiger partial charge is 0.251 e. The van der Waals surface area contributed by atoms with E-state index in [1.807, 2.05) is 26.0 Å². The number of halogens is 1. The van der Waals surface area contributed by atoms with E-state index < -0.39 is 0 Å². The Kier molecular flexibility index (Phi) is 7.73. The molecular weight excluding hydrogens is 352 g/mol. The summed E-state index contributed by atoms with van der Waals surface area (Å²) in [5, 5.41) is 3.23. The van der Waals surface area contributed by atoms with E-state index in [2.05, 4.69) is 17.2 Å². The summed E-state index contributed by atoms with van der Waals surface area (Å²) >= 11 is 6.34. The van der Waals surface area contributed by atoms with Crippen LogP contribution in [0.1, 0.15) is 48.3 Å². The summed E-state index contributed by atoms with van der Waals surface area (Å²) in [7, 11) is 0. The molecule has 140 valence electrons. The third-order valence-electron chi connectivity index (χ3n) is 3.85. The number of carbonyl (C=O) groups is 1. The van der Waals surface area contributed by atoms with Crippen molar-refractivity contribution in [2.75, 3.05) is 13.2 Å². The summed E-state index contributed by atoms with van der Waals surface area (Å²) < 4.78 is 11.4. The molecule has 1 N–H and O–H groups in total. The number of aromatic nitrogens is 1. The maximum Gasteiger partial charge on any atom is 0.251 e. The Morgan fingerprint density at radius 3 is 2.77 bits per heavy atom. The van der Waals surface area contributed by atoms with Crippen molar-refractivity contribution in [3.05, 3.63) is 52.3 Å². The number of nitrogens with one attached hydrogen (secondary N) is 1. The fraction of sp³-hybridized carbons (Fsp3) is 0.400. The molecule has 2 aromatic rings. The average Bonchev–Trinajstić information content (AvgIpc) is 2.63. The lowest BCUT2D eigenvalue weighted by molar-refractivity contribution is 0.0950. The van der Waals surface area contributed by atoms with Crippen LogP contribution in [0.5, 0.6) is 11.5 Å². The van der Waals surface area contributed by atoms with Crippen LogP contribution in [0.2, 0.25) is 5.02 Å². The van der Waals surface area contributed by atoms with Crippen LogP contribution < -0.4 is 14.8 Å². The molecule has 0 bridgehead atoms. The first kappa shape index (κ1) is 20.0. The first-order valence-electron chi connectivity index (χ1n) is 8.84. The molecule has 0 saturated heterocycles. The lowest BCUT2D eigenvalue weighted by Crippen LogP contribution is -2.24. The molecular formula is C20H25ClN2O3. The molecule has 1 heterocycles. The van der Waals surface area contributed by atoms with E-state index in [1.54, 1.807) is 18.3 Å². The molecule has 0 radical (unpaired) electrons. The van der Waals surface area contributed by atoms with Crippen LogP contribution in [0.25, 0.3) is 0 Å². The number of benzene rings is 1. The lowest BCUT2D eigenvalue weighted by Gasteiger charge is -2.15. The Labute approximate surface area is 159 Å². The Hall–Kier alpha value is -2.27. The van der Waals surface area contributed by atoms with Crippen molar-refractivity contribution in [1.29, 1.82) is 0 Å². The molecule has 26 heavy (non-hydrogen) atoms. The molecule has 0 spiro atoms. The van der Waals surface area contributed by atoms with Crippen molar-refractivity contribution in [3.8, 4) is 11.5 Å². The number of rotatable bonds is 9. The second-order valence-electron chi connectivity index (χ2n) is 5.87. The largest absolute Gasteiger partial charge is 0.490 e. The molecule has 0 aliphatic heterocycles. The minimum Gasteiger partial charge on any atom is -0.490 e. The second-order valence-corrected chi connectivity index (χ2v) is 6.28. The third-order valence-corrected chi connectivity index (χ3v) is 4.13. The van der Waals surface area contributed by atoms with Crippen LogP contribution in [0.4, 0.5) is 0 Å². The highest BCUT2D eigenvalue weighted by atomic mass is 35.5. The van der Waals surface area contributed by atoms with Crippen molar-refractivity contribution in [1.82, 2.24) is 10.3 Å². The van der Waals surface area contributed by atoms with E-state index in [-0.39, 0.29) is 5.91 Å². The first-order chi connectivity index (χ1) is 12.6. The van der Waals surface area contributed by atoms with Crippen molar-refractivity contribution in [2.45, 2.75) is 40.2 Å². The Morgan fingerprint density at radius 1 is 1.27 bits per heavy atom. The monoisotopic (exact) mass is 376 g/mol. The van der Waals surface area contributed by atoms with E-state index in [0.717, 1.165) is 24.1 Å². The second kappa shape index (κ2) is 10.0. The van der Waals surface area contributed by atoms with Gasteiger partial charge in [0.2, 0.25) is 0 Å².